The molecule has 1 amide bonds. The van der Waals surface area contributed by atoms with E-state index in [1.807, 2.05) is 36.6 Å². The Morgan fingerprint density at radius 3 is 3.04 bits per heavy atom. The molecule has 128 valence electrons. The maximum Gasteiger partial charge on any atom is 0.267 e. The van der Waals surface area contributed by atoms with Gasteiger partial charge in [-0.3, -0.25) is 4.79 Å². The van der Waals surface area contributed by atoms with E-state index in [1.165, 1.54) is 0 Å². The fourth-order valence-electron chi connectivity index (χ4n) is 2.63. The average molecular weight is 355 g/mol. The van der Waals surface area contributed by atoms with Crippen LogP contribution >= 0.6 is 11.3 Å². The molecule has 2 N–H and O–H groups in total. The molecule has 1 aromatic carbocycles. The van der Waals surface area contributed by atoms with E-state index in [1.54, 1.807) is 23.6 Å². The van der Waals surface area contributed by atoms with Gasteiger partial charge in [-0.05, 0) is 25.1 Å². The number of rotatable bonds is 4. The molecular weight excluding hydrogens is 338 g/mol. The molecule has 0 radical (unpaired) electrons. The van der Waals surface area contributed by atoms with Gasteiger partial charge in [-0.15, -0.1) is 11.3 Å². The molecule has 0 spiro atoms. The number of ether oxygens (including phenoxy) is 2. The van der Waals surface area contributed by atoms with Crippen LogP contribution in [0.2, 0.25) is 0 Å². The third-order valence-corrected chi connectivity index (χ3v) is 4.67. The third kappa shape index (κ3) is 3.36. The van der Waals surface area contributed by atoms with Gasteiger partial charge >= 0.3 is 0 Å². The van der Waals surface area contributed by atoms with Crippen LogP contribution in [0.5, 0.6) is 11.5 Å². The largest absolute Gasteiger partial charge is 0.486 e. The Kier molecular flexibility index (Phi) is 4.15. The van der Waals surface area contributed by atoms with Gasteiger partial charge in [0, 0.05) is 17.1 Å². The highest BCUT2D eigenvalue weighted by atomic mass is 32.1. The second kappa shape index (κ2) is 6.60. The van der Waals surface area contributed by atoms with Crippen LogP contribution in [0.4, 0.5) is 0 Å². The van der Waals surface area contributed by atoms with E-state index < -0.39 is 0 Å². The monoisotopic (exact) mass is 355 g/mol. The number of H-pyrrole nitrogens is 1. The number of nitrogens with zero attached hydrogens (tertiary/aromatic N) is 1. The van der Waals surface area contributed by atoms with Gasteiger partial charge in [0.15, 0.2) is 11.5 Å². The highest BCUT2D eigenvalue weighted by Gasteiger charge is 2.21. The van der Waals surface area contributed by atoms with Crippen molar-refractivity contribution < 1.29 is 14.3 Å². The summed E-state index contributed by atoms with van der Waals surface area (Å²) >= 11 is 1.58. The predicted octanol–water partition coefficient (Wildman–Crippen LogP) is 3.02. The summed E-state index contributed by atoms with van der Waals surface area (Å²) in [6.07, 6.45) is 1.58. The molecule has 7 heteroatoms. The number of thiazole rings is 1. The Morgan fingerprint density at radius 2 is 2.24 bits per heavy atom. The molecular formula is C18H17N3O3S. The minimum absolute atomic E-state index is 0.180. The zero-order chi connectivity index (χ0) is 17.2. The molecule has 3 heterocycles. The molecule has 0 saturated carbocycles. The van der Waals surface area contributed by atoms with Crippen molar-refractivity contribution in [2.45, 2.75) is 13.0 Å². The summed E-state index contributed by atoms with van der Waals surface area (Å²) in [6, 6.07) is 9.32. The molecule has 0 bridgehead atoms. The van der Waals surface area contributed by atoms with E-state index in [-0.39, 0.29) is 12.0 Å². The topological polar surface area (TPSA) is 76.2 Å². The predicted molar refractivity (Wildman–Crippen MR) is 95.3 cm³/mol. The van der Waals surface area contributed by atoms with Crippen molar-refractivity contribution in [1.82, 2.24) is 15.3 Å². The van der Waals surface area contributed by atoms with Gasteiger partial charge in [0.1, 0.15) is 18.4 Å². The molecule has 25 heavy (non-hydrogen) atoms. The number of aryl methyl sites for hydroxylation is 1. The van der Waals surface area contributed by atoms with E-state index in [9.17, 15) is 4.79 Å². The van der Waals surface area contributed by atoms with Crippen LogP contribution in [0.25, 0.3) is 11.3 Å². The third-order valence-electron chi connectivity index (χ3n) is 3.90. The second-order valence-electron chi connectivity index (χ2n) is 5.76. The van der Waals surface area contributed by atoms with Crippen LogP contribution in [0.3, 0.4) is 0 Å². The lowest BCUT2D eigenvalue weighted by molar-refractivity contribution is 0.0787. The Labute approximate surface area is 148 Å². The lowest BCUT2D eigenvalue weighted by atomic mass is 10.2. The van der Waals surface area contributed by atoms with E-state index in [2.05, 4.69) is 15.3 Å². The summed E-state index contributed by atoms with van der Waals surface area (Å²) in [5.74, 6) is 1.26. The minimum Gasteiger partial charge on any atom is -0.486 e. The van der Waals surface area contributed by atoms with Crippen LogP contribution in [-0.4, -0.2) is 35.1 Å². The van der Waals surface area contributed by atoms with Gasteiger partial charge in [-0.1, -0.05) is 12.1 Å². The minimum atomic E-state index is -0.213. The molecule has 0 aliphatic carbocycles. The van der Waals surface area contributed by atoms with Crippen molar-refractivity contribution >= 4 is 17.2 Å². The number of amides is 1. The van der Waals surface area contributed by atoms with Crippen LogP contribution < -0.4 is 14.8 Å². The number of hydrogen-bond acceptors (Lipinski definition) is 5. The van der Waals surface area contributed by atoms with Gasteiger partial charge in [-0.25, -0.2) is 4.98 Å². The van der Waals surface area contributed by atoms with E-state index >= 15 is 0 Å². The highest BCUT2D eigenvalue weighted by Crippen LogP contribution is 2.30. The molecule has 1 aliphatic heterocycles. The Morgan fingerprint density at radius 1 is 1.40 bits per heavy atom. The normalized spacial score (nSPS) is 15.8. The average Bonchev–Trinajstić information content (AvgIpc) is 3.28. The van der Waals surface area contributed by atoms with Gasteiger partial charge in [0.25, 0.3) is 5.91 Å². The number of fused-ring (bicyclic) bond motifs is 1. The lowest BCUT2D eigenvalue weighted by Crippen LogP contribution is -2.40. The Hall–Kier alpha value is -2.80. The van der Waals surface area contributed by atoms with Gasteiger partial charge in [-0.2, -0.15) is 0 Å². The van der Waals surface area contributed by atoms with E-state index in [0.29, 0.717) is 24.6 Å². The van der Waals surface area contributed by atoms with Gasteiger partial charge in [0.2, 0.25) is 0 Å². The van der Waals surface area contributed by atoms with Crippen molar-refractivity contribution in [3.8, 4) is 22.8 Å². The quantitative estimate of drug-likeness (QED) is 0.754. The molecule has 0 saturated heterocycles. The summed E-state index contributed by atoms with van der Waals surface area (Å²) in [5.41, 5.74) is 2.27. The molecule has 1 atom stereocenters. The number of aromatic nitrogens is 2. The van der Waals surface area contributed by atoms with Crippen LogP contribution in [0.15, 0.2) is 41.9 Å². The first-order valence-electron chi connectivity index (χ1n) is 7.96. The second-order valence-corrected chi connectivity index (χ2v) is 6.82. The summed E-state index contributed by atoms with van der Waals surface area (Å²) in [7, 11) is 0. The molecule has 1 aliphatic rings. The maximum atomic E-state index is 12.3. The highest BCUT2D eigenvalue weighted by molar-refractivity contribution is 7.09. The molecule has 3 aromatic rings. The zero-order valence-electron chi connectivity index (χ0n) is 13.6. The first-order valence-corrected chi connectivity index (χ1v) is 8.84. The Balaban J connectivity index is 1.36. The summed E-state index contributed by atoms with van der Waals surface area (Å²) in [4.78, 5) is 19.7. The molecule has 4 rings (SSSR count). The number of benzene rings is 1. The zero-order valence-corrected chi connectivity index (χ0v) is 14.4. The van der Waals surface area contributed by atoms with E-state index in [4.69, 9.17) is 9.47 Å². The van der Waals surface area contributed by atoms with Crippen molar-refractivity contribution in [3.63, 3.8) is 0 Å². The van der Waals surface area contributed by atoms with E-state index in [0.717, 1.165) is 22.0 Å². The summed E-state index contributed by atoms with van der Waals surface area (Å²) in [6.45, 7) is 2.74. The number of aromatic amines is 1. The Bertz CT molecular complexity index is 902. The molecule has 2 aromatic heterocycles. The fraction of sp³-hybridized carbons (Fsp3) is 0.222. The first-order chi connectivity index (χ1) is 12.2. The number of para-hydroxylation sites is 2. The van der Waals surface area contributed by atoms with Crippen molar-refractivity contribution in [3.05, 3.63) is 52.6 Å². The van der Waals surface area contributed by atoms with Crippen molar-refractivity contribution in [2.24, 2.45) is 0 Å². The molecule has 0 unspecified atom stereocenters. The first kappa shape index (κ1) is 15.7. The SMILES string of the molecule is Cc1nc(-c2c[nH]c(C(=O)NC[C@H]3COc4ccccc4O3)c2)cs1. The summed E-state index contributed by atoms with van der Waals surface area (Å²) < 4.78 is 11.5. The fourth-order valence-corrected chi connectivity index (χ4v) is 3.26. The number of carbonyl (C=O) groups excluding carboxylic acids is 1. The van der Waals surface area contributed by atoms with Crippen LogP contribution in [0.1, 0.15) is 15.5 Å². The summed E-state index contributed by atoms with van der Waals surface area (Å²) in [5, 5.41) is 5.85. The van der Waals surface area contributed by atoms with Gasteiger partial charge in [0.05, 0.1) is 17.2 Å². The molecule has 0 fully saturated rings. The van der Waals surface area contributed by atoms with Gasteiger partial charge < -0.3 is 19.8 Å². The standard InChI is InChI=1S/C18H17N3O3S/c1-11-21-15(10-25-11)12-6-14(19-7-12)18(22)20-8-13-9-23-16-4-2-3-5-17(16)24-13/h2-7,10,13,19H,8-9H2,1H3,(H,20,22)/t13-/m0/s1. The maximum absolute atomic E-state index is 12.3. The van der Waals surface area contributed by atoms with Crippen molar-refractivity contribution in [1.29, 1.82) is 0 Å². The smallest absolute Gasteiger partial charge is 0.267 e. The van der Waals surface area contributed by atoms with Crippen LogP contribution in [-0.2, 0) is 0 Å². The van der Waals surface area contributed by atoms with Crippen LogP contribution in [0, 0.1) is 6.92 Å². The lowest BCUT2D eigenvalue weighted by Gasteiger charge is -2.26. The molecule has 6 nitrogen and oxygen atoms in total. The number of carbonyl (C=O) groups is 1. The number of nitrogens with one attached hydrogen (secondary N) is 2. The van der Waals surface area contributed by atoms with Crippen molar-refractivity contribution in [2.75, 3.05) is 13.2 Å². The number of hydrogen-bond donors (Lipinski definition) is 2.